The van der Waals surface area contributed by atoms with Crippen LogP contribution in [0, 0.1) is 11.3 Å². The Labute approximate surface area is 177 Å². The van der Waals surface area contributed by atoms with E-state index in [2.05, 4.69) is 16.2 Å². The summed E-state index contributed by atoms with van der Waals surface area (Å²) in [6, 6.07) is 16.9. The van der Waals surface area contributed by atoms with E-state index in [4.69, 9.17) is 14.7 Å². The van der Waals surface area contributed by atoms with Crippen LogP contribution in [-0.2, 0) is 4.74 Å². The molecular formula is C23H16N4O4. The van der Waals surface area contributed by atoms with Gasteiger partial charge in [-0.15, -0.1) is 0 Å². The number of esters is 1. The van der Waals surface area contributed by atoms with Crippen molar-refractivity contribution in [2.75, 3.05) is 14.2 Å². The quantitative estimate of drug-likeness (QED) is 0.366. The first-order chi connectivity index (χ1) is 15.0. The highest BCUT2D eigenvalue weighted by molar-refractivity contribution is 6.16. The first kappa shape index (κ1) is 19.8. The summed E-state index contributed by atoms with van der Waals surface area (Å²) in [5.41, 5.74) is 2.57. The summed E-state index contributed by atoms with van der Waals surface area (Å²) in [5.74, 6) is -0.456. The summed E-state index contributed by atoms with van der Waals surface area (Å²) in [6.45, 7) is 0. The van der Waals surface area contributed by atoms with Gasteiger partial charge in [-0.1, -0.05) is 18.2 Å². The van der Waals surface area contributed by atoms with Crippen LogP contribution in [0.1, 0.15) is 32.1 Å². The SMILES string of the molecule is COC(=O)c1cccc(C(=O)c2c(-c3ccc(C#N)cc3)nn3cc(OC)ccc23)n1. The van der Waals surface area contributed by atoms with E-state index >= 15 is 0 Å². The van der Waals surface area contributed by atoms with E-state index in [1.165, 1.54) is 19.2 Å². The third-order valence-electron chi connectivity index (χ3n) is 4.73. The Morgan fingerprint density at radius 1 is 1.00 bits per heavy atom. The minimum Gasteiger partial charge on any atom is -0.495 e. The van der Waals surface area contributed by atoms with Crippen molar-refractivity contribution in [1.82, 2.24) is 14.6 Å². The maximum atomic E-state index is 13.5. The number of fused-ring (bicyclic) bond motifs is 1. The number of methoxy groups -OCH3 is 2. The molecule has 0 N–H and O–H groups in total. The number of benzene rings is 1. The van der Waals surface area contributed by atoms with Crippen LogP contribution >= 0.6 is 0 Å². The summed E-state index contributed by atoms with van der Waals surface area (Å²) < 4.78 is 11.5. The molecule has 0 aliphatic carbocycles. The highest BCUT2D eigenvalue weighted by Crippen LogP contribution is 2.29. The van der Waals surface area contributed by atoms with Crippen molar-refractivity contribution < 1.29 is 19.1 Å². The minimum atomic E-state index is -0.633. The Hall–Kier alpha value is -4.51. The number of ether oxygens (including phenoxy) is 2. The van der Waals surface area contributed by atoms with Gasteiger partial charge < -0.3 is 9.47 Å². The predicted molar refractivity (Wildman–Crippen MR) is 111 cm³/mol. The Balaban J connectivity index is 1.92. The fraction of sp³-hybridized carbons (Fsp3) is 0.0870. The summed E-state index contributed by atoms with van der Waals surface area (Å²) in [6.07, 6.45) is 1.66. The molecule has 3 aromatic heterocycles. The summed E-state index contributed by atoms with van der Waals surface area (Å²) >= 11 is 0. The van der Waals surface area contributed by atoms with Crippen LogP contribution in [0.25, 0.3) is 16.8 Å². The third-order valence-corrected chi connectivity index (χ3v) is 4.73. The van der Waals surface area contributed by atoms with Crippen LogP contribution in [-0.4, -0.2) is 40.6 Å². The van der Waals surface area contributed by atoms with Gasteiger partial charge >= 0.3 is 5.97 Å². The van der Waals surface area contributed by atoms with Crippen molar-refractivity contribution in [2.24, 2.45) is 0 Å². The molecule has 8 nitrogen and oxygen atoms in total. The Morgan fingerprint density at radius 3 is 2.42 bits per heavy atom. The van der Waals surface area contributed by atoms with Gasteiger partial charge in [-0.05, 0) is 36.4 Å². The number of rotatable bonds is 5. The largest absolute Gasteiger partial charge is 0.495 e. The summed E-state index contributed by atoms with van der Waals surface area (Å²) in [4.78, 5) is 29.5. The first-order valence-corrected chi connectivity index (χ1v) is 9.22. The summed E-state index contributed by atoms with van der Waals surface area (Å²) in [5, 5.41) is 13.7. The standard InChI is InChI=1S/C23H16N4O4/c1-30-16-10-11-19-20(22(28)17-4-3-5-18(25-17)23(29)31-2)21(26-27(19)13-16)15-8-6-14(12-24)7-9-15/h3-11,13H,1-2H3. The number of pyridine rings is 2. The highest BCUT2D eigenvalue weighted by Gasteiger charge is 2.24. The molecule has 31 heavy (non-hydrogen) atoms. The lowest BCUT2D eigenvalue weighted by Gasteiger charge is -2.05. The second-order valence-corrected chi connectivity index (χ2v) is 6.54. The maximum absolute atomic E-state index is 13.5. The van der Waals surface area contributed by atoms with Gasteiger partial charge in [-0.25, -0.2) is 14.3 Å². The van der Waals surface area contributed by atoms with Crippen molar-refractivity contribution in [3.8, 4) is 23.1 Å². The lowest BCUT2D eigenvalue weighted by Crippen LogP contribution is -2.10. The second-order valence-electron chi connectivity index (χ2n) is 6.54. The van der Waals surface area contributed by atoms with Crippen LogP contribution in [0.4, 0.5) is 0 Å². The average molecular weight is 412 g/mol. The molecule has 4 rings (SSSR count). The lowest BCUT2D eigenvalue weighted by molar-refractivity contribution is 0.0594. The third kappa shape index (κ3) is 3.60. The van der Waals surface area contributed by atoms with E-state index < -0.39 is 11.8 Å². The van der Waals surface area contributed by atoms with Crippen molar-refractivity contribution in [3.05, 3.63) is 83.3 Å². The minimum absolute atomic E-state index is 0.0337. The average Bonchev–Trinajstić information content (AvgIpc) is 3.21. The molecule has 0 radical (unpaired) electrons. The van der Waals surface area contributed by atoms with E-state index in [1.807, 2.05) is 0 Å². The number of nitrogens with zero attached hydrogens (tertiary/aromatic N) is 4. The van der Waals surface area contributed by atoms with E-state index in [1.54, 1.807) is 60.3 Å². The van der Waals surface area contributed by atoms with Crippen LogP contribution in [0.5, 0.6) is 5.75 Å². The lowest BCUT2D eigenvalue weighted by atomic mass is 10.00. The Kier molecular flexibility index (Phi) is 5.16. The van der Waals surface area contributed by atoms with Gasteiger partial charge in [0.2, 0.25) is 5.78 Å². The van der Waals surface area contributed by atoms with Crippen molar-refractivity contribution >= 4 is 17.3 Å². The van der Waals surface area contributed by atoms with Gasteiger partial charge in [0.05, 0.1) is 43.1 Å². The number of ketones is 1. The Bertz CT molecular complexity index is 1350. The molecule has 4 aromatic rings. The zero-order chi connectivity index (χ0) is 22.0. The van der Waals surface area contributed by atoms with E-state index in [-0.39, 0.29) is 11.4 Å². The fourth-order valence-corrected chi connectivity index (χ4v) is 3.19. The molecule has 0 bridgehead atoms. The van der Waals surface area contributed by atoms with Gasteiger partial charge in [0.15, 0.2) is 0 Å². The normalized spacial score (nSPS) is 10.5. The van der Waals surface area contributed by atoms with Crippen molar-refractivity contribution in [2.45, 2.75) is 0 Å². The molecule has 0 amide bonds. The van der Waals surface area contributed by atoms with Crippen LogP contribution in [0.2, 0.25) is 0 Å². The molecule has 0 unspecified atom stereocenters. The molecule has 0 saturated carbocycles. The smallest absolute Gasteiger partial charge is 0.356 e. The predicted octanol–water partition coefficient (Wildman–Crippen LogP) is 3.29. The van der Waals surface area contributed by atoms with Crippen molar-refractivity contribution in [1.29, 1.82) is 5.26 Å². The number of carbonyl (C=O) groups excluding carboxylic acids is 2. The zero-order valence-electron chi connectivity index (χ0n) is 16.7. The van der Waals surface area contributed by atoms with Gasteiger partial charge in [-0.3, -0.25) is 4.79 Å². The summed E-state index contributed by atoms with van der Waals surface area (Å²) in [7, 11) is 2.79. The van der Waals surface area contributed by atoms with Gasteiger partial charge in [-0.2, -0.15) is 10.4 Å². The molecule has 152 valence electrons. The highest BCUT2D eigenvalue weighted by atomic mass is 16.5. The monoisotopic (exact) mass is 412 g/mol. The first-order valence-electron chi connectivity index (χ1n) is 9.22. The topological polar surface area (TPSA) is 107 Å². The van der Waals surface area contributed by atoms with E-state index in [0.29, 0.717) is 33.7 Å². The number of aromatic nitrogens is 3. The molecule has 0 aliphatic heterocycles. The molecule has 0 saturated heterocycles. The molecule has 0 atom stereocenters. The van der Waals surface area contributed by atoms with E-state index in [0.717, 1.165) is 0 Å². The van der Waals surface area contributed by atoms with Crippen LogP contribution < -0.4 is 4.74 Å². The van der Waals surface area contributed by atoms with Gasteiger partial charge in [0.1, 0.15) is 22.8 Å². The molecular weight excluding hydrogens is 396 g/mol. The van der Waals surface area contributed by atoms with Crippen LogP contribution in [0.3, 0.4) is 0 Å². The molecule has 0 spiro atoms. The van der Waals surface area contributed by atoms with E-state index in [9.17, 15) is 9.59 Å². The molecule has 0 aliphatic rings. The van der Waals surface area contributed by atoms with Gasteiger partial charge in [0.25, 0.3) is 0 Å². The maximum Gasteiger partial charge on any atom is 0.356 e. The number of hydrogen-bond donors (Lipinski definition) is 0. The number of carbonyl (C=O) groups is 2. The van der Waals surface area contributed by atoms with Crippen molar-refractivity contribution in [3.63, 3.8) is 0 Å². The second kappa shape index (κ2) is 8.08. The zero-order valence-corrected chi connectivity index (χ0v) is 16.7. The molecule has 3 heterocycles. The fourth-order valence-electron chi connectivity index (χ4n) is 3.19. The molecule has 8 heteroatoms. The van der Waals surface area contributed by atoms with Crippen LogP contribution in [0.15, 0.2) is 60.8 Å². The molecule has 0 fully saturated rings. The van der Waals surface area contributed by atoms with Gasteiger partial charge in [0, 0.05) is 5.56 Å². The Morgan fingerprint density at radius 2 is 1.74 bits per heavy atom. The number of nitriles is 1. The molecule has 1 aromatic carbocycles. The number of hydrogen-bond acceptors (Lipinski definition) is 7.